The van der Waals surface area contributed by atoms with E-state index < -0.39 is 12.8 Å². The topological polar surface area (TPSA) is 69.9 Å². The van der Waals surface area contributed by atoms with E-state index in [-0.39, 0.29) is 11.6 Å². The number of nitrogens with zero attached hydrogens (tertiary/aromatic N) is 4. The van der Waals surface area contributed by atoms with E-state index in [0.29, 0.717) is 17.8 Å². The van der Waals surface area contributed by atoms with Gasteiger partial charge in [0.1, 0.15) is 0 Å². The maximum Gasteiger partial charge on any atom is 0.422 e. The molecule has 2 rings (SSSR count). The van der Waals surface area contributed by atoms with Crippen molar-refractivity contribution in [2.45, 2.75) is 19.6 Å². The molecular formula is C12H11F3N4O2. The molecule has 0 radical (unpaired) electrons. The van der Waals surface area contributed by atoms with Crippen molar-refractivity contribution in [2.75, 3.05) is 6.61 Å². The molecule has 0 aliphatic carbocycles. The molecule has 0 saturated carbocycles. The van der Waals surface area contributed by atoms with E-state index in [2.05, 4.69) is 19.8 Å². The molecule has 0 saturated heterocycles. The van der Waals surface area contributed by atoms with Gasteiger partial charge < -0.3 is 4.74 Å². The second kappa shape index (κ2) is 5.90. The highest BCUT2D eigenvalue weighted by Gasteiger charge is 2.28. The molecule has 2 heterocycles. The molecule has 0 atom stereocenters. The number of halogens is 3. The van der Waals surface area contributed by atoms with Gasteiger partial charge in [0.25, 0.3) is 5.56 Å². The first kappa shape index (κ1) is 14.9. The monoisotopic (exact) mass is 300 g/mol. The van der Waals surface area contributed by atoms with Gasteiger partial charge in [0.2, 0.25) is 0 Å². The van der Waals surface area contributed by atoms with E-state index in [9.17, 15) is 18.0 Å². The Morgan fingerprint density at radius 1 is 1.24 bits per heavy atom. The van der Waals surface area contributed by atoms with Crippen LogP contribution in [-0.2, 0) is 6.54 Å². The van der Waals surface area contributed by atoms with Crippen LogP contribution in [0.5, 0.6) is 6.01 Å². The Morgan fingerprint density at radius 2 is 1.90 bits per heavy atom. The van der Waals surface area contributed by atoms with Crippen molar-refractivity contribution in [3.8, 4) is 17.3 Å². The molecule has 0 N–H and O–H groups in total. The Morgan fingerprint density at radius 3 is 2.48 bits per heavy atom. The van der Waals surface area contributed by atoms with Gasteiger partial charge in [0, 0.05) is 30.6 Å². The van der Waals surface area contributed by atoms with Gasteiger partial charge in [-0.2, -0.15) is 18.3 Å². The summed E-state index contributed by atoms with van der Waals surface area (Å²) in [6.45, 7) is 0.717. The lowest BCUT2D eigenvalue weighted by atomic mass is 10.2. The molecular weight excluding hydrogens is 289 g/mol. The highest BCUT2D eigenvalue weighted by Crippen LogP contribution is 2.17. The number of aryl methyl sites for hydroxylation is 1. The fourth-order valence-corrected chi connectivity index (χ4v) is 1.50. The van der Waals surface area contributed by atoms with Crippen molar-refractivity contribution in [3.05, 3.63) is 34.9 Å². The average Bonchev–Trinajstić information content (AvgIpc) is 2.45. The van der Waals surface area contributed by atoms with E-state index >= 15 is 0 Å². The lowest BCUT2D eigenvalue weighted by Gasteiger charge is -2.08. The Balaban J connectivity index is 2.17. The number of rotatable bonds is 4. The predicted octanol–water partition coefficient (Wildman–Crippen LogP) is 1.66. The third-order valence-corrected chi connectivity index (χ3v) is 2.46. The Labute approximate surface area is 117 Å². The number of alkyl halides is 3. The van der Waals surface area contributed by atoms with Crippen molar-refractivity contribution in [2.24, 2.45) is 0 Å². The van der Waals surface area contributed by atoms with Crippen LogP contribution < -0.4 is 10.3 Å². The van der Waals surface area contributed by atoms with Crippen molar-refractivity contribution in [1.29, 1.82) is 0 Å². The zero-order valence-electron chi connectivity index (χ0n) is 11.0. The summed E-state index contributed by atoms with van der Waals surface area (Å²) in [4.78, 5) is 18.8. The van der Waals surface area contributed by atoms with Gasteiger partial charge >= 0.3 is 12.2 Å². The van der Waals surface area contributed by atoms with E-state index in [1.54, 1.807) is 6.92 Å². The standard InChI is InChI=1S/C12H11F3N4O2/c1-2-19-10(20)4-3-9(18-19)8-5-16-11(17-6-8)21-7-12(13,14)15/h3-6H,2,7H2,1H3. The minimum atomic E-state index is -4.44. The number of hydrogen-bond acceptors (Lipinski definition) is 5. The van der Waals surface area contributed by atoms with Gasteiger partial charge in [-0.3, -0.25) is 4.79 Å². The molecule has 0 fully saturated rings. The molecule has 112 valence electrons. The third-order valence-electron chi connectivity index (χ3n) is 2.46. The van der Waals surface area contributed by atoms with Crippen LogP contribution >= 0.6 is 0 Å². The first-order chi connectivity index (χ1) is 9.89. The van der Waals surface area contributed by atoms with Gasteiger partial charge in [-0.05, 0) is 13.0 Å². The molecule has 0 aliphatic rings. The van der Waals surface area contributed by atoms with Crippen molar-refractivity contribution in [1.82, 2.24) is 19.7 Å². The molecule has 0 bridgehead atoms. The molecule has 2 aromatic rings. The molecule has 21 heavy (non-hydrogen) atoms. The second-order valence-corrected chi connectivity index (χ2v) is 4.03. The van der Waals surface area contributed by atoms with Gasteiger partial charge in [-0.15, -0.1) is 0 Å². The lowest BCUT2D eigenvalue weighted by molar-refractivity contribution is -0.154. The van der Waals surface area contributed by atoms with Crippen LogP contribution in [0.4, 0.5) is 13.2 Å². The van der Waals surface area contributed by atoms with Crippen LogP contribution in [0.25, 0.3) is 11.3 Å². The largest absolute Gasteiger partial charge is 0.454 e. The molecule has 0 spiro atoms. The maximum absolute atomic E-state index is 12.0. The SMILES string of the molecule is CCn1nc(-c2cnc(OCC(F)(F)F)nc2)ccc1=O. The normalized spacial score (nSPS) is 11.4. The molecule has 0 aromatic carbocycles. The average molecular weight is 300 g/mol. The van der Waals surface area contributed by atoms with Crippen LogP contribution in [0, 0.1) is 0 Å². The molecule has 0 unspecified atom stereocenters. The van der Waals surface area contributed by atoms with Gasteiger partial charge in [-0.25, -0.2) is 14.6 Å². The molecule has 2 aromatic heterocycles. The van der Waals surface area contributed by atoms with Crippen LogP contribution in [-0.4, -0.2) is 32.5 Å². The molecule has 9 heteroatoms. The van der Waals surface area contributed by atoms with E-state index in [4.69, 9.17) is 0 Å². The maximum atomic E-state index is 12.0. The van der Waals surface area contributed by atoms with Gasteiger partial charge in [0.15, 0.2) is 6.61 Å². The zero-order chi connectivity index (χ0) is 15.5. The van der Waals surface area contributed by atoms with E-state index in [0.717, 1.165) is 0 Å². The van der Waals surface area contributed by atoms with Crippen molar-refractivity contribution in [3.63, 3.8) is 0 Å². The Hall–Kier alpha value is -2.45. The summed E-state index contributed by atoms with van der Waals surface area (Å²) in [7, 11) is 0. The summed E-state index contributed by atoms with van der Waals surface area (Å²) >= 11 is 0. The van der Waals surface area contributed by atoms with Crippen molar-refractivity contribution < 1.29 is 17.9 Å². The van der Waals surface area contributed by atoms with Crippen molar-refractivity contribution >= 4 is 0 Å². The minimum absolute atomic E-state index is 0.243. The Kier molecular flexibility index (Phi) is 4.20. The van der Waals surface area contributed by atoms with Crippen LogP contribution in [0.1, 0.15) is 6.92 Å². The van der Waals surface area contributed by atoms with Crippen LogP contribution in [0.15, 0.2) is 29.3 Å². The van der Waals surface area contributed by atoms with Crippen LogP contribution in [0.2, 0.25) is 0 Å². The molecule has 0 aliphatic heterocycles. The summed E-state index contributed by atoms with van der Waals surface area (Å²) in [5, 5.41) is 4.08. The third kappa shape index (κ3) is 4.01. The molecule has 6 nitrogen and oxygen atoms in total. The predicted molar refractivity (Wildman–Crippen MR) is 66.7 cm³/mol. The summed E-state index contributed by atoms with van der Waals surface area (Å²) in [5.74, 6) is 0. The quantitative estimate of drug-likeness (QED) is 0.859. The summed E-state index contributed by atoms with van der Waals surface area (Å²) in [6, 6.07) is 2.46. The van der Waals surface area contributed by atoms with Gasteiger partial charge in [-0.1, -0.05) is 0 Å². The fraction of sp³-hybridized carbons (Fsp3) is 0.333. The number of aromatic nitrogens is 4. The Bertz CT molecular complexity index is 667. The van der Waals surface area contributed by atoms with Crippen LogP contribution in [0.3, 0.4) is 0 Å². The highest BCUT2D eigenvalue weighted by molar-refractivity contribution is 5.55. The smallest absolute Gasteiger partial charge is 0.422 e. The second-order valence-electron chi connectivity index (χ2n) is 4.03. The van der Waals surface area contributed by atoms with E-state index in [1.807, 2.05) is 0 Å². The van der Waals surface area contributed by atoms with Gasteiger partial charge in [0.05, 0.1) is 5.69 Å². The number of hydrogen-bond donors (Lipinski definition) is 0. The fourth-order valence-electron chi connectivity index (χ4n) is 1.50. The first-order valence-corrected chi connectivity index (χ1v) is 5.99. The number of ether oxygens (including phenoxy) is 1. The molecule has 0 amide bonds. The minimum Gasteiger partial charge on any atom is -0.454 e. The lowest BCUT2D eigenvalue weighted by Crippen LogP contribution is -2.21. The summed E-state index contributed by atoms with van der Waals surface area (Å²) < 4.78 is 41.6. The highest BCUT2D eigenvalue weighted by atomic mass is 19.4. The first-order valence-electron chi connectivity index (χ1n) is 5.99. The summed E-state index contributed by atoms with van der Waals surface area (Å²) in [6.07, 6.45) is -1.88. The summed E-state index contributed by atoms with van der Waals surface area (Å²) in [5.41, 5.74) is 0.669. The zero-order valence-corrected chi connectivity index (χ0v) is 11.0. The van der Waals surface area contributed by atoms with E-state index in [1.165, 1.54) is 29.2 Å².